The quantitative estimate of drug-likeness (QED) is 0.248. The molecular formula is C37H25N3O. The lowest BCUT2D eigenvalue weighted by Gasteiger charge is -2.16. The second-order valence-corrected chi connectivity index (χ2v) is 10.2. The van der Waals surface area contributed by atoms with Gasteiger partial charge in [0.2, 0.25) is 0 Å². The normalized spacial score (nSPS) is 12.0. The van der Waals surface area contributed by atoms with E-state index in [1.54, 1.807) is 0 Å². The molecule has 1 aliphatic heterocycles. The fraction of sp³-hybridized carbons (Fsp3) is 0. The van der Waals surface area contributed by atoms with E-state index in [9.17, 15) is 0 Å². The number of benzene rings is 5. The van der Waals surface area contributed by atoms with Crippen molar-refractivity contribution in [2.24, 2.45) is 0 Å². The Kier molecular flexibility index (Phi) is 5.42. The molecule has 0 fully saturated rings. The zero-order valence-electron chi connectivity index (χ0n) is 22.2. The van der Waals surface area contributed by atoms with Crippen molar-refractivity contribution in [1.82, 2.24) is 9.55 Å². The van der Waals surface area contributed by atoms with E-state index in [-0.39, 0.29) is 0 Å². The highest BCUT2D eigenvalue weighted by Crippen LogP contribution is 2.39. The predicted octanol–water partition coefficient (Wildman–Crippen LogP) is 9.87. The molecule has 1 aliphatic rings. The summed E-state index contributed by atoms with van der Waals surface area (Å²) in [7, 11) is 0. The standard InChI is InChI=1S/C37H25N3O/c1-3-18-34-25(9-1)20-21-26-10-6-16-31(36(26)39-34)27-11-5-13-29(23-27)41-30-14-7-12-28(24-30)40-35-19-4-2-15-32(35)33-17-8-22-38-37(33)40/h1-24,39H. The van der Waals surface area contributed by atoms with Gasteiger partial charge < -0.3 is 10.1 Å². The van der Waals surface area contributed by atoms with Crippen LogP contribution < -0.4 is 10.1 Å². The lowest BCUT2D eigenvalue weighted by atomic mass is 9.99. The Hall–Kier alpha value is -5.61. The number of nitrogens with one attached hydrogen (secondary N) is 1. The van der Waals surface area contributed by atoms with Crippen molar-refractivity contribution in [3.63, 3.8) is 0 Å². The zero-order valence-corrected chi connectivity index (χ0v) is 22.2. The molecule has 41 heavy (non-hydrogen) atoms. The van der Waals surface area contributed by atoms with Gasteiger partial charge in [-0.15, -0.1) is 0 Å². The fourth-order valence-corrected chi connectivity index (χ4v) is 5.77. The molecule has 4 nitrogen and oxygen atoms in total. The summed E-state index contributed by atoms with van der Waals surface area (Å²) in [6, 6.07) is 43.8. The lowest BCUT2D eigenvalue weighted by molar-refractivity contribution is 0.482. The van der Waals surface area contributed by atoms with Gasteiger partial charge in [0.05, 0.1) is 16.9 Å². The van der Waals surface area contributed by atoms with Crippen LogP contribution in [0.25, 0.3) is 50.9 Å². The summed E-state index contributed by atoms with van der Waals surface area (Å²) in [6.07, 6.45) is 6.18. The van der Waals surface area contributed by atoms with E-state index >= 15 is 0 Å². The summed E-state index contributed by atoms with van der Waals surface area (Å²) in [6.45, 7) is 0. The number of hydrogen-bond acceptors (Lipinski definition) is 3. The molecule has 3 heterocycles. The van der Waals surface area contributed by atoms with Crippen molar-refractivity contribution in [3.05, 3.63) is 145 Å². The van der Waals surface area contributed by atoms with Gasteiger partial charge in [-0.3, -0.25) is 4.57 Å². The number of rotatable bonds is 4. The highest BCUT2D eigenvalue weighted by Gasteiger charge is 2.15. The highest BCUT2D eigenvalue weighted by atomic mass is 16.5. The van der Waals surface area contributed by atoms with Crippen molar-refractivity contribution in [3.8, 4) is 28.3 Å². The zero-order chi connectivity index (χ0) is 27.2. The van der Waals surface area contributed by atoms with E-state index in [4.69, 9.17) is 9.72 Å². The Bertz CT molecular complexity index is 2070. The van der Waals surface area contributed by atoms with Gasteiger partial charge in [0.25, 0.3) is 0 Å². The van der Waals surface area contributed by atoms with Crippen molar-refractivity contribution in [2.75, 3.05) is 5.32 Å². The Morgan fingerprint density at radius 1 is 0.610 bits per heavy atom. The SMILES string of the molecule is C1=Cc2cccc(-c3cccc(Oc4cccc(-n5c6ccccc6c6cccnc65)c4)c3)c2Nc2ccccc21. The van der Waals surface area contributed by atoms with E-state index in [0.717, 1.165) is 61.8 Å². The van der Waals surface area contributed by atoms with Crippen LogP contribution in [-0.2, 0) is 0 Å². The topological polar surface area (TPSA) is 39.1 Å². The number of ether oxygens (including phenoxy) is 1. The number of aromatic nitrogens is 2. The second kappa shape index (κ2) is 9.54. The molecule has 0 saturated heterocycles. The molecule has 0 aliphatic carbocycles. The maximum atomic E-state index is 6.46. The number of pyridine rings is 1. The van der Waals surface area contributed by atoms with E-state index in [0.29, 0.717) is 0 Å². The van der Waals surface area contributed by atoms with Gasteiger partial charge in [0.1, 0.15) is 17.1 Å². The summed E-state index contributed by atoms with van der Waals surface area (Å²) >= 11 is 0. The predicted molar refractivity (Wildman–Crippen MR) is 169 cm³/mol. The van der Waals surface area contributed by atoms with Crippen LogP contribution in [0.5, 0.6) is 11.5 Å². The first-order valence-corrected chi connectivity index (χ1v) is 13.7. The van der Waals surface area contributed by atoms with Crippen LogP contribution in [0.2, 0.25) is 0 Å². The molecule has 0 spiro atoms. The lowest BCUT2D eigenvalue weighted by Crippen LogP contribution is -1.97. The smallest absolute Gasteiger partial charge is 0.145 e. The van der Waals surface area contributed by atoms with Crippen LogP contribution >= 0.6 is 0 Å². The summed E-state index contributed by atoms with van der Waals surface area (Å²) < 4.78 is 8.66. The first kappa shape index (κ1) is 23.3. The number of anilines is 2. The van der Waals surface area contributed by atoms with Gasteiger partial charge in [-0.2, -0.15) is 0 Å². The van der Waals surface area contributed by atoms with Gasteiger partial charge in [-0.1, -0.05) is 84.9 Å². The maximum absolute atomic E-state index is 6.46. The summed E-state index contributed by atoms with van der Waals surface area (Å²) in [5.74, 6) is 1.55. The van der Waals surface area contributed by atoms with Crippen molar-refractivity contribution >= 4 is 45.5 Å². The molecule has 0 saturated carbocycles. The van der Waals surface area contributed by atoms with Gasteiger partial charge in [-0.25, -0.2) is 4.98 Å². The third-order valence-corrected chi connectivity index (χ3v) is 7.65. The minimum atomic E-state index is 0.767. The number of fused-ring (bicyclic) bond motifs is 5. The molecule has 2 aromatic heterocycles. The third-order valence-electron chi connectivity index (χ3n) is 7.65. The average molecular weight is 528 g/mol. The maximum Gasteiger partial charge on any atom is 0.145 e. The van der Waals surface area contributed by atoms with Crippen LogP contribution in [0.3, 0.4) is 0 Å². The van der Waals surface area contributed by atoms with Gasteiger partial charge >= 0.3 is 0 Å². The first-order valence-electron chi connectivity index (χ1n) is 13.7. The molecular weight excluding hydrogens is 502 g/mol. The number of nitrogens with zero attached hydrogens (tertiary/aromatic N) is 2. The van der Waals surface area contributed by atoms with Gasteiger partial charge in [0.15, 0.2) is 0 Å². The van der Waals surface area contributed by atoms with Crippen molar-refractivity contribution < 1.29 is 4.74 Å². The molecule has 0 bridgehead atoms. The monoisotopic (exact) mass is 527 g/mol. The first-order chi connectivity index (χ1) is 20.3. The molecule has 7 aromatic rings. The molecule has 0 amide bonds. The van der Waals surface area contributed by atoms with Crippen LogP contribution in [0.15, 0.2) is 134 Å². The molecule has 0 atom stereocenters. The summed E-state index contributed by atoms with van der Waals surface area (Å²) in [5.41, 5.74) is 9.77. The van der Waals surface area contributed by atoms with Gasteiger partial charge in [0, 0.05) is 34.3 Å². The number of hydrogen-bond donors (Lipinski definition) is 1. The van der Waals surface area contributed by atoms with Crippen molar-refractivity contribution in [2.45, 2.75) is 0 Å². The molecule has 1 N–H and O–H groups in total. The Morgan fingerprint density at radius 3 is 2.34 bits per heavy atom. The van der Waals surface area contributed by atoms with Crippen LogP contribution in [0, 0.1) is 0 Å². The second-order valence-electron chi connectivity index (χ2n) is 10.2. The number of para-hydroxylation sites is 3. The minimum absolute atomic E-state index is 0.767. The molecule has 4 heteroatoms. The minimum Gasteiger partial charge on any atom is -0.457 e. The summed E-state index contributed by atoms with van der Waals surface area (Å²) in [5, 5.41) is 6.00. The van der Waals surface area contributed by atoms with Crippen molar-refractivity contribution in [1.29, 1.82) is 0 Å². The molecule has 194 valence electrons. The fourth-order valence-electron chi connectivity index (χ4n) is 5.77. The van der Waals surface area contributed by atoms with E-state index in [1.807, 2.05) is 36.5 Å². The Labute approximate surface area is 237 Å². The largest absolute Gasteiger partial charge is 0.457 e. The average Bonchev–Trinajstić information content (AvgIpc) is 3.23. The van der Waals surface area contributed by atoms with Crippen LogP contribution in [0.4, 0.5) is 11.4 Å². The van der Waals surface area contributed by atoms with Gasteiger partial charge in [-0.05, 0) is 65.2 Å². The van der Waals surface area contributed by atoms with Crippen LogP contribution in [0.1, 0.15) is 11.1 Å². The third kappa shape index (κ3) is 4.05. The highest BCUT2D eigenvalue weighted by molar-refractivity contribution is 6.07. The molecule has 5 aromatic carbocycles. The molecule has 0 radical (unpaired) electrons. The Balaban J connectivity index is 1.16. The van der Waals surface area contributed by atoms with E-state index < -0.39 is 0 Å². The Morgan fingerprint density at radius 2 is 1.37 bits per heavy atom. The molecule has 0 unspecified atom stereocenters. The molecule has 8 rings (SSSR count). The van der Waals surface area contributed by atoms with Crippen LogP contribution in [-0.4, -0.2) is 9.55 Å². The van der Waals surface area contributed by atoms with E-state index in [1.165, 1.54) is 10.9 Å². The summed E-state index contributed by atoms with van der Waals surface area (Å²) in [4.78, 5) is 4.72. The van der Waals surface area contributed by atoms with E-state index in [2.05, 4.69) is 119 Å².